The summed E-state index contributed by atoms with van der Waals surface area (Å²) < 4.78 is 0. The summed E-state index contributed by atoms with van der Waals surface area (Å²) in [7, 11) is 0. The molecule has 1 aliphatic heterocycles. The van der Waals surface area contributed by atoms with E-state index in [4.69, 9.17) is 0 Å². The minimum Gasteiger partial charge on any atom is -0.342 e. The Balaban J connectivity index is 1.75. The molecular formula is C21H30N2O2. The van der Waals surface area contributed by atoms with E-state index < -0.39 is 5.41 Å². The maximum atomic E-state index is 13.3. The van der Waals surface area contributed by atoms with Crippen LogP contribution in [0.1, 0.15) is 57.9 Å². The van der Waals surface area contributed by atoms with E-state index in [0.717, 1.165) is 31.5 Å². The summed E-state index contributed by atoms with van der Waals surface area (Å²) in [6.07, 6.45) is 5.92. The fourth-order valence-corrected chi connectivity index (χ4v) is 3.76. The van der Waals surface area contributed by atoms with Crippen molar-refractivity contribution in [3.8, 4) is 0 Å². The molecule has 0 spiro atoms. The van der Waals surface area contributed by atoms with E-state index in [1.165, 1.54) is 12.8 Å². The zero-order chi connectivity index (χ0) is 17.9. The zero-order valence-electron chi connectivity index (χ0n) is 15.5. The lowest BCUT2D eigenvalue weighted by Crippen LogP contribution is -2.49. The highest BCUT2D eigenvalue weighted by Crippen LogP contribution is 2.49. The van der Waals surface area contributed by atoms with Gasteiger partial charge in [0.25, 0.3) is 0 Å². The van der Waals surface area contributed by atoms with Gasteiger partial charge in [0.1, 0.15) is 5.41 Å². The van der Waals surface area contributed by atoms with Crippen LogP contribution in [0.2, 0.25) is 0 Å². The minimum absolute atomic E-state index is 0.0283. The van der Waals surface area contributed by atoms with Crippen molar-refractivity contribution in [3.63, 3.8) is 0 Å². The SMILES string of the molecule is CC(C)N(Cc1ccccc1)C(=O)C1(C(=O)N2CCCCCC2)CC1. The van der Waals surface area contributed by atoms with Crippen molar-refractivity contribution in [3.05, 3.63) is 35.9 Å². The number of hydrogen-bond acceptors (Lipinski definition) is 2. The number of nitrogens with zero attached hydrogens (tertiary/aromatic N) is 2. The van der Waals surface area contributed by atoms with Crippen molar-refractivity contribution in [2.45, 2.75) is 65.0 Å². The Labute approximate surface area is 151 Å². The Morgan fingerprint density at radius 1 is 1.04 bits per heavy atom. The number of amides is 2. The summed E-state index contributed by atoms with van der Waals surface area (Å²) in [6.45, 7) is 6.27. The Bertz CT molecular complexity index is 600. The molecule has 0 unspecified atom stereocenters. The Kier molecular flexibility index (Phi) is 5.45. The van der Waals surface area contributed by atoms with Crippen molar-refractivity contribution < 1.29 is 9.59 Å². The normalized spacial score (nSPS) is 19.4. The summed E-state index contributed by atoms with van der Waals surface area (Å²) in [5.41, 5.74) is 0.339. The first-order valence-electron chi connectivity index (χ1n) is 9.69. The lowest BCUT2D eigenvalue weighted by molar-refractivity contribution is -0.151. The van der Waals surface area contributed by atoms with Gasteiger partial charge < -0.3 is 9.80 Å². The molecule has 1 aromatic carbocycles. The molecule has 2 fully saturated rings. The summed E-state index contributed by atoms with van der Waals surface area (Å²) >= 11 is 0. The maximum Gasteiger partial charge on any atom is 0.238 e. The van der Waals surface area contributed by atoms with Crippen molar-refractivity contribution in [1.82, 2.24) is 9.80 Å². The molecule has 0 N–H and O–H groups in total. The lowest BCUT2D eigenvalue weighted by Gasteiger charge is -2.33. The third-order valence-electron chi connectivity index (χ3n) is 5.54. The van der Waals surface area contributed by atoms with Gasteiger partial charge in [0.2, 0.25) is 11.8 Å². The third-order valence-corrected chi connectivity index (χ3v) is 5.54. The number of benzene rings is 1. The molecule has 2 amide bonds. The van der Waals surface area contributed by atoms with Crippen LogP contribution >= 0.6 is 0 Å². The van der Waals surface area contributed by atoms with Gasteiger partial charge in [-0.1, -0.05) is 43.2 Å². The second-order valence-electron chi connectivity index (χ2n) is 7.80. The van der Waals surface area contributed by atoms with Crippen LogP contribution < -0.4 is 0 Å². The molecule has 1 aliphatic carbocycles. The van der Waals surface area contributed by atoms with Gasteiger partial charge in [0, 0.05) is 25.7 Å². The molecule has 3 rings (SSSR count). The van der Waals surface area contributed by atoms with E-state index in [-0.39, 0.29) is 17.9 Å². The van der Waals surface area contributed by atoms with E-state index >= 15 is 0 Å². The fourth-order valence-electron chi connectivity index (χ4n) is 3.76. The quantitative estimate of drug-likeness (QED) is 0.767. The second-order valence-corrected chi connectivity index (χ2v) is 7.80. The van der Waals surface area contributed by atoms with Crippen molar-refractivity contribution in [2.24, 2.45) is 5.41 Å². The molecule has 136 valence electrons. The van der Waals surface area contributed by atoms with Crippen LogP contribution in [-0.4, -0.2) is 40.7 Å². The Morgan fingerprint density at radius 2 is 1.64 bits per heavy atom. The highest BCUT2D eigenvalue weighted by atomic mass is 16.2. The van der Waals surface area contributed by atoms with Gasteiger partial charge >= 0.3 is 0 Å². The van der Waals surface area contributed by atoms with Crippen LogP contribution in [0.25, 0.3) is 0 Å². The monoisotopic (exact) mass is 342 g/mol. The average Bonchev–Trinajstić information content (AvgIpc) is 3.43. The number of rotatable bonds is 5. The summed E-state index contributed by atoms with van der Waals surface area (Å²) in [5, 5.41) is 0. The molecule has 4 heteroatoms. The van der Waals surface area contributed by atoms with E-state index in [1.54, 1.807) is 0 Å². The molecule has 2 aliphatic rings. The minimum atomic E-state index is -0.774. The molecule has 1 heterocycles. The topological polar surface area (TPSA) is 40.6 Å². The number of carbonyl (C=O) groups excluding carboxylic acids is 2. The van der Waals surface area contributed by atoms with Crippen molar-refractivity contribution >= 4 is 11.8 Å². The smallest absolute Gasteiger partial charge is 0.238 e. The van der Waals surface area contributed by atoms with Gasteiger partial charge in [-0.05, 0) is 45.1 Å². The lowest BCUT2D eigenvalue weighted by atomic mass is 10.0. The van der Waals surface area contributed by atoms with Gasteiger partial charge in [-0.2, -0.15) is 0 Å². The third kappa shape index (κ3) is 3.88. The van der Waals surface area contributed by atoms with Crippen LogP contribution in [-0.2, 0) is 16.1 Å². The van der Waals surface area contributed by atoms with Gasteiger partial charge in [0.05, 0.1) is 0 Å². The molecule has 0 radical (unpaired) electrons. The first kappa shape index (κ1) is 18.0. The van der Waals surface area contributed by atoms with Crippen molar-refractivity contribution in [1.29, 1.82) is 0 Å². The molecule has 1 aromatic rings. The summed E-state index contributed by atoms with van der Waals surface area (Å²) in [4.78, 5) is 30.3. The first-order valence-corrected chi connectivity index (χ1v) is 9.69. The molecule has 0 aromatic heterocycles. The van der Waals surface area contributed by atoms with E-state index in [9.17, 15) is 9.59 Å². The number of likely N-dealkylation sites (tertiary alicyclic amines) is 1. The summed E-state index contributed by atoms with van der Waals surface area (Å²) in [5.74, 6) is 0.110. The average molecular weight is 342 g/mol. The largest absolute Gasteiger partial charge is 0.342 e. The van der Waals surface area contributed by atoms with Crippen LogP contribution in [0, 0.1) is 5.41 Å². The Hall–Kier alpha value is -1.84. The molecule has 25 heavy (non-hydrogen) atoms. The van der Waals surface area contributed by atoms with Crippen LogP contribution in [0.4, 0.5) is 0 Å². The van der Waals surface area contributed by atoms with Gasteiger partial charge in [-0.15, -0.1) is 0 Å². The van der Waals surface area contributed by atoms with Gasteiger partial charge in [-0.3, -0.25) is 9.59 Å². The fraction of sp³-hybridized carbons (Fsp3) is 0.619. The predicted octanol–water partition coefficient (Wildman–Crippen LogP) is 3.61. The number of hydrogen-bond donors (Lipinski definition) is 0. The highest BCUT2D eigenvalue weighted by molar-refractivity contribution is 6.07. The van der Waals surface area contributed by atoms with Crippen LogP contribution in [0.3, 0.4) is 0 Å². The van der Waals surface area contributed by atoms with Crippen molar-refractivity contribution in [2.75, 3.05) is 13.1 Å². The molecule has 0 atom stereocenters. The van der Waals surface area contributed by atoms with Gasteiger partial charge in [0.15, 0.2) is 0 Å². The van der Waals surface area contributed by atoms with Gasteiger partial charge in [-0.25, -0.2) is 0 Å². The highest BCUT2D eigenvalue weighted by Gasteiger charge is 2.59. The van der Waals surface area contributed by atoms with E-state index in [1.807, 2.05) is 54.0 Å². The maximum absolute atomic E-state index is 13.3. The molecule has 1 saturated heterocycles. The molecule has 1 saturated carbocycles. The zero-order valence-corrected chi connectivity index (χ0v) is 15.5. The second kappa shape index (κ2) is 7.59. The predicted molar refractivity (Wildman–Crippen MR) is 98.8 cm³/mol. The van der Waals surface area contributed by atoms with E-state index in [0.29, 0.717) is 19.4 Å². The summed E-state index contributed by atoms with van der Waals surface area (Å²) in [6, 6.07) is 10.1. The van der Waals surface area contributed by atoms with Crippen LogP contribution in [0.15, 0.2) is 30.3 Å². The molecular weight excluding hydrogens is 312 g/mol. The Morgan fingerprint density at radius 3 is 2.16 bits per heavy atom. The first-order chi connectivity index (χ1) is 12.0. The molecule has 0 bridgehead atoms. The van der Waals surface area contributed by atoms with E-state index in [2.05, 4.69) is 0 Å². The number of carbonyl (C=O) groups is 2. The molecule has 4 nitrogen and oxygen atoms in total. The standard InChI is InChI=1S/C21H30N2O2/c1-17(2)23(16-18-10-6-5-7-11-18)20(25)21(12-13-21)19(24)22-14-8-3-4-9-15-22/h5-7,10-11,17H,3-4,8-9,12-16H2,1-2H3. The van der Waals surface area contributed by atoms with Crippen LogP contribution in [0.5, 0.6) is 0 Å².